The molecule has 2 N–H and O–H groups in total. The summed E-state index contributed by atoms with van der Waals surface area (Å²) in [5.41, 5.74) is 2.24. The predicted octanol–water partition coefficient (Wildman–Crippen LogP) is 0.497. The third-order valence-electron chi connectivity index (χ3n) is 1.77. The van der Waals surface area contributed by atoms with Gasteiger partial charge in [-0.05, 0) is 31.2 Å². The maximum atomic E-state index is 8.11. The number of fused-ring (bicyclic) bond motifs is 2. The Bertz CT molecular complexity index is 308. The molecule has 0 aromatic carbocycles. The molecule has 4 heteroatoms. The van der Waals surface area contributed by atoms with E-state index in [9.17, 15) is 0 Å². The van der Waals surface area contributed by atoms with Crippen LogP contribution < -0.4 is 4.84 Å². The molecule has 0 saturated heterocycles. The number of hydrogen-bond donors (Lipinski definition) is 2. The van der Waals surface area contributed by atoms with E-state index in [4.69, 9.17) is 15.1 Å². The fourth-order valence-electron chi connectivity index (χ4n) is 1.08. The van der Waals surface area contributed by atoms with Crippen LogP contribution in [0.5, 0.6) is 0 Å². The molecule has 2 aromatic rings. The summed E-state index contributed by atoms with van der Waals surface area (Å²) in [6, 6.07) is 8.11. The molecule has 2 bridgehead atoms. The number of benzene rings is 1. The molecule has 1 atom stereocenters. The Balaban J connectivity index is 0.000000171. The zero-order valence-electron chi connectivity index (χ0n) is 8.34. The second-order valence-electron chi connectivity index (χ2n) is 3.02. The summed E-state index contributed by atoms with van der Waals surface area (Å²) in [5.74, 6) is 0. The topological polar surface area (TPSA) is 54.6 Å². The van der Waals surface area contributed by atoms with Gasteiger partial charge in [0.25, 0.3) is 0 Å². The Kier molecular flexibility index (Phi) is 3.73. The van der Waals surface area contributed by atoms with Crippen molar-refractivity contribution in [2.45, 2.75) is 13.0 Å². The molecule has 1 unspecified atom stereocenters. The van der Waals surface area contributed by atoms with Gasteiger partial charge in [0.2, 0.25) is 0 Å². The largest absolute Gasteiger partial charge is 0.417 e. The van der Waals surface area contributed by atoms with Crippen LogP contribution in [0.15, 0.2) is 24.3 Å². The molecule has 0 saturated carbocycles. The van der Waals surface area contributed by atoms with Crippen molar-refractivity contribution in [2.24, 2.45) is 0 Å². The van der Waals surface area contributed by atoms with Crippen LogP contribution in [0.3, 0.4) is 0 Å². The van der Waals surface area contributed by atoms with Crippen LogP contribution in [0.1, 0.15) is 6.92 Å². The second-order valence-corrected chi connectivity index (χ2v) is 3.02. The number of rotatable bonds is 2. The van der Waals surface area contributed by atoms with Crippen molar-refractivity contribution in [2.75, 3.05) is 13.7 Å². The molecule has 0 aliphatic rings. The van der Waals surface area contributed by atoms with Gasteiger partial charge in [-0.2, -0.15) is 4.73 Å². The van der Waals surface area contributed by atoms with Crippen molar-refractivity contribution in [1.29, 1.82) is 0 Å². The Labute approximate surface area is 82.6 Å². The lowest BCUT2D eigenvalue weighted by molar-refractivity contribution is 0.110. The highest BCUT2D eigenvalue weighted by atomic mass is 16.6. The highest BCUT2D eigenvalue weighted by Gasteiger charge is 2.00. The number of aromatic nitrogens is 1. The first-order valence-electron chi connectivity index (χ1n) is 4.42. The first-order chi connectivity index (χ1) is 6.69. The molecule has 0 aliphatic carbocycles. The van der Waals surface area contributed by atoms with Crippen LogP contribution in [0.25, 0.3) is 11.0 Å². The number of nitrogens with zero attached hydrogens (tertiary/aromatic N) is 1. The maximum absolute atomic E-state index is 8.11. The first-order valence-corrected chi connectivity index (χ1v) is 4.42. The van der Waals surface area contributed by atoms with E-state index in [1.807, 2.05) is 24.3 Å². The Morgan fingerprint density at radius 3 is 1.79 bits per heavy atom. The molecule has 2 aromatic heterocycles. The van der Waals surface area contributed by atoms with Crippen LogP contribution in [0.2, 0.25) is 0 Å². The molecule has 78 valence electrons. The van der Waals surface area contributed by atoms with Crippen LogP contribution in [0, 0.1) is 0 Å². The smallest absolute Gasteiger partial charge is 0.104 e. The molecule has 0 spiro atoms. The van der Waals surface area contributed by atoms with Gasteiger partial charge in [0, 0.05) is 0 Å². The Morgan fingerprint density at radius 2 is 1.64 bits per heavy atom. The van der Waals surface area contributed by atoms with Crippen LogP contribution in [-0.2, 0) is 0 Å². The fraction of sp³-hybridized carbons (Fsp3) is 0.400. The molecule has 14 heavy (non-hydrogen) atoms. The minimum Gasteiger partial charge on any atom is -0.417 e. The molecule has 0 aliphatic heterocycles. The molecule has 0 amide bonds. The summed E-state index contributed by atoms with van der Waals surface area (Å²) in [5, 5.41) is 16.0. The van der Waals surface area contributed by atoms with Crippen molar-refractivity contribution >= 4 is 11.0 Å². The van der Waals surface area contributed by atoms with Gasteiger partial charge < -0.3 is 15.1 Å². The second kappa shape index (κ2) is 4.83. The monoisotopic (exact) mass is 197 g/mol. The third-order valence-corrected chi connectivity index (χ3v) is 1.77. The lowest BCUT2D eigenvalue weighted by Crippen LogP contribution is -2.03. The van der Waals surface area contributed by atoms with Crippen molar-refractivity contribution in [1.82, 2.24) is 4.73 Å². The molecule has 2 rings (SSSR count). The summed E-state index contributed by atoms with van der Waals surface area (Å²) < 4.78 is 1.79. The maximum Gasteiger partial charge on any atom is 0.104 e. The summed E-state index contributed by atoms with van der Waals surface area (Å²) in [6.07, 6.45) is -0.560. The van der Waals surface area contributed by atoms with Crippen LogP contribution in [-0.4, -0.2) is 34.8 Å². The average molecular weight is 197 g/mol. The zero-order chi connectivity index (χ0) is 10.6. The summed E-state index contributed by atoms with van der Waals surface area (Å²) >= 11 is 0. The van der Waals surface area contributed by atoms with Gasteiger partial charge in [0.15, 0.2) is 0 Å². The Morgan fingerprint density at radius 1 is 1.29 bits per heavy atom. The lowest BCUT2D eigenvalue weighted by atomic mass is 10.4. The number of aliphatic hydroxyl groups excluding tert-OH is 2. The van der Waals surface area contributed by atoms with Crippen molar-refractivity contribution in [3.63, 3.8) is 0 Å². The molecular formula is C10H15NO3. The van der Waals surface area contributed by atoms with Gasteiger partial charge in [-0.15, -0.1) is 0 Å². The van der Waals surface area contributed by atoms with Crippen LogP contribution >= 0.6 is 0 Å². The van der Waals surface area contributed by atoms with E-state index in [0.29, 0.717) is 0 Å². The summed E-state index contributed by atoms with van der Waals surface area (Å²) in [7, 11) is 1.67. The predicted molar refractivity (Wildman–Crippen MR) is 54.4 cm³/mol. The van der Waals surface area contributed by atoms with Crippen molar-refractivity contribution in [3.8, 4) is 0 Å². The van der Waals surface area contributed by atoms with E-state index in [-0.39, 0.29) is 6.61 Å². The molecule has 0 fully saturated rings. The average Bonchev–Trinajstić information content (AvgIpc) is 2.77. The summed E-state index contributed by atoms with van der Waals surface area (Å²) in [6.45, 7) is 1.39. The molecule has 4 nitrogen and oxygen atoms in total. The SMILES string of the molecule is CC(O)CO.COn1c2ccc1cc2. The minimum absolute atomic E-state index is 0.139. The Hall–Kier alpha value is -1.26. The van der Waals surface area contributed by atoms with Gasteiger partial charge in [0.1, 0.15) is 7.11 Å². The highest BCUT2D eigenvalue weighted by Crippen LogP contribution is 2.13. The fourth-order valence-corrected chi connectivity index (χ4v) is 1.08. The molecular weight excluding hydrogens is 182 g/mol. The van der Waals surface area contributed by atoms with Crippen molar-refractivity contribution < 1.29 is 15.1 Å². The normalized spacial score (nSPS) is 12.3. The standard InChI is InChI=1S/C7H7NO.C3H8O2/c1-9-8-6-2-3-7(8)5-4-6;1-3(5)2-4/h2-5H,1H3;3-5H,2H2,1H3. The highest BCUT2D eigenvalue weighted by molar-refractivity contribution is 5.66. The quantitative estimate of drug-likeness (QED) is 0.737. The van der Waals surface area contributed by atoms with Crippen molar-refractivity contribution in [3.05, 3.63) is 24.3 Å². The minimum atomic E-state index is -0.560. The third kappa shape index (κ3) is 2.37. The number of hydrogen-bond acceptors (Lipinski definition) is 3. The van der Waals surface area contributed by atoms with E-state index in [2.05, 4.69) is 0 Å². The summed E-state index contributed by atoms with van der Waals surface area (Å²) in [4.78, 5) is 5.03. The lowest BCUT2D eigenvalue weighted by Gasteiger charge is -1.97. The van der Waals surface area contributed by atoms with E-state index >= 15 is 0 Å². The van der Waals surface area contributed by atoms with Crippen LogP contribution in [0.4, 0.5) is 0 Å². The van der Waals surface area contributed by atoms with Gasteiger partial charge in [0.05, 0.1) is 23.7 Å². The molecule has 0 radical (unpaired) electrons. The van der Waals surface area contributed by atoms with Gasteiger partial charge >= 0.3 is 0 Å². The van der Waals surface area contributed by atoms with E-state index < -0.39 is 6.10 Å². The van der Waals surface area contributed by atoms with Gasteiger partial charge in [-0.1, -0.05) is 0 Å². The number of aliphatic hydroxyl groups is 2. The van der Waals surface area contributed by atoms with Gasteiger partial charge in [-0.25, -0.2) is 0 Å². The molecule has 2 heterocycles. The first kappa shape index (κ1) is 10.8. The van der Waals surface area contributed by atoms with E-state index in [1.54, 1.807) is 11.8 Å². The van der Waals surface area contributed by atoms with E-state index in [1.165, 1.54) is 6.92 Å². The van der Waals surface area contributed by atoms with E-state index in [0.717, 1.165) is 11.0 Å². The van der Waals surface area contributed by atoms with Gasteiger partial charge in [-0.3, -0.25) is 0 Å². The zero-order valence-corrected chi connectivity index (χ0v) is 8.34.